The fraction of sp³-hybridized carbons (Fsp3) is 0.0769. The molecule has 0 radical (unpaired) electrons. The maximum Gasteiger partial charge on any atom is 0.130 e. The number of halogens is 4. The predicted octanol–water partition coefficient (Wildman–Crippen LogP) is 8.39. The highest BCUT2D eigenvalue weighted by molar-refractivity contribution is 9.10. The zero-order chi connectivity index (χ0) is 21.8. The lowest BCUT2D eigenvalue weighted by Crippen LogP contribution is -2.15. The normalized spacial score (nSPS) is 13.0. The van der Waals surface area contributed by atoms with Crippen LogP contribution in [0, 0.1) is 11.6 Å². The highest BCUT2D eigenvalue weighted by Crippen LogP contribution is 2.38. The van der Waals surface area contributed by atoms with Gasteiger partial charge in [0.15, 0.2) is 0 Å². The molecule has 1 nitrogen and oxygen atoms in total. The summed E-state index contributed by atoms with van der Waals surface area (Å²) in [5, 5.41) is 0. The van der Waals surface area contributed by atoms with Crippen LogP contribution < -0.4 is 0 Å². The molecule has 0 bridgehead atoms. The molecule has 156 valence electrons. The van der Waals surface area contributed by atoms with E-state index in [0.717, 1.165) is 11.1 Å². The molecular formula is C26H18Br2F2O. The fourth-order valence-corrected chi connectivity index (χ4v) is 4.15. The van der Waals surface area contributed by atoms with Crippen LogP contribution >= 0.6 is 31.9 Å². The van der Waals surface area contributed by atoms with Crippen molar-refractivity contribution in [2.75, 3.05) is 0 Å². The summed E-state index contributed by atoms with van der Waals surface area (Å²) in [6.07, 6.45) is -1.47. The van der Waals surface area contributed by atoms with Crippen LogP contribution in [0.1, 0.15) is 34.5 Å². The van der Waals surface area contributed by atoms with Gasteiger partial charge in [-0.3, -0.25) is 0 Å². The Balaban J connectivity index is 1.84. The summed E-state index contributed by atoms with van der Waals surface area (Å²) in [6, 6.07) is 28.6. The van der Waals surface area contributed by atoms with Crippen LogP contribution in [0.25, 0.3) is 0 Å². The van der Waals surface area contributed by atoms with Crippen molar-refractivity contribution >= 4 is 31.9 Å². The lowest BCUT2D eigenvalue weighted by molar-refractivity contribution is 0.0270. The summed E-state index contributed by atoms with van der Waals surface area (Å²) in [5.74, 6) is -0.794. The van der Waals surface area contributed by atoms with Crippen molar-refractivity contribution in [3.05, 3.63) is 140 Å². The maximum atomic E-state index is 15.0. The average Bonchev–Trinajstić information content (AvgIpc) is 2.77. The summed E-state index contributed by atoms with van der Waals surface area (Å²) in [7, 11) is 0. The number of ether oxygens (including phenoxy) is 1. The quantitative estimate of drug-likeness (QED) is 0.237. The topological polar surface area (TPSA) is 9.23 Å². The Morgan fingerprint density at radius 2 is 0.935 bits per heavy atom. The van der Waals surface area contributed by atoms with Crippen LogP contribution in [0.15, 0.2) is 106 Å². The second-order valence-electron chi connectivity index (χ2n) is 7.05. The molecule has 4 rings (SSSR count). The van der Waals surface area contributed by atoms with E-state index < -0.39 is 23.8 Å². The zero-order valence-corrected chi connectivity index (χ0v) is 19.5. The van der Waals surface area contributed by atoms with Crippen LogP contribution in [-0.2, 0) is 4.74 Å². The standard InChI is InChI=1S/C26H18Br2F2O/c27-19-11-13-21(23(29)15-19)25(17-7-3-1-4-8-17)31-26(18-9-5-2-6-10-18)22-14-12-20(28)16-24(22)30/h1-16,25-26H. The summed E-state index contributed by atoms with van der Waals surface area (Å²) in [5.41, 5.74) is 2.32. The Bertz CT molecular complexity index is 1070. The van der Waals surface area contributed by atoms with E-state index in [-0.39, 0.29) is 0 Å². The van der Waals surface area contributed by atoms with Crippen molar-refractivity contribution in [3.8, 4) is 0 Å². The summed E-state index contributed by atoms with van der Waals surface area (Å²) in [6.45, 7) is 0. The van der Waals surface area contributed by atoms with E-state index >= 15 is 0 Å². The van der Waals surface area contributed by atoms with Crippen LogP contribution in [0.2, 0.25) is 0 Å². The van der Waals surface area contributed by atoms with Crippen LogP contribution in [-0.4, -0.2) is 0 Å². The molecule has 0 heterocycles. The van der Waals surface area contributed by atoms with Gasteiger partial charge in [-0.05, 0) is 35.4 Å². The molecule has 0 saturated heterocycles. The molecule has 0 saturated carbocycles. The van der Waals surface area contributed by atoms with Crippen molar-refractivity contribution in [2.45, 2.75) is 12.2 Å². The molecular weight excluding hydrogens is 526 g/mol. The van der Waals surface area contributed by atoms with Crippen molar-refractivity contribution in [3.63, 3.8) is 0 Å². The fourth-order valence-electron chi connectivity index (χ4n) is 3.48. The molecule has 2 atom stereocenters. The largest absolute Gasteiger partial charge is 0.356 e. The second kappa shape index (κ2) is 9.86. The van der Waals surface area contributed by atoms with Gasteiger partial charge in [0.25, 0.3) is 0 Å². The van der Waals surface area contributed by atoms with Gasteiger partial charge in [-0.1, -0.05) is 105 Å². The molecule has 4 aromatic carbocycles. The van der Waals surface area contributed by atoms with Gasteiger partial charge in [0.2, 0.25) is 0 Å². The first-order chi connectivity index (χ1) is 15.0. The number of rotatable bonds is 6. The molecule has 0 spiro atoms. The Morgan fingerprint density at radius 3 is 1.29 bits per heavy atom. The maximum absolute atomic E-state index is 15.0. The smallest absolute Gasteiger partial charge is 0.130 e. The minimum absolute atomic E-state index is 0.382. The van der Waals surface area contributed by atoms with Crippen LogP contribution in [0.3, 0.4) is 0 Å². The SMILES string of the molecule is Fc1cc(Br)ccc1C(OC(c1ccccc1)c1ccc(Br)cc1F)c1ccccc1. The van der Waals surface area contributed by atoms with Gasteiger partial charge in [-0.15, -0.1) is 0 Å². The summed E-state index contributed by atoms with van der Waals surface area (Å²) < 4.78 is 37.8. The highest BCUT2D eigenvalue weighted by atomic mass is 79.9. The highest BCUT2D eigenvalue weighted by Gasteiger charge is 2.27. The molecule has 0 aliphatic carbocycles. The summed E-state index contributed by atoms with van der Waals surface area (Å²) in [4.78, 5) is 0. The van der Waals surface area contributed by atoms with Crippen molar-refractivity contribution in [1.82, 2.24) is 0 Å². The molecule has 0 aliphatic rings. The molecule has 0 fully saturated rings. The third-order valence-electron chi connectivity index (χ3n) is 4.97. The predicted molar refractivity (Wildman–Crippen MR) is 126 cm³/mol. The third kappa shape index (κ3) is 5.12. The summed E-state index contributed by atoms with van der Waals surface area (Å²) >= 11 is 6.61. The van der Waals surface area contributed by atoms with E-state index in [1.54, 1.807) is 24.3 Å². The molecule has 0 aliphatic heterocycles. The van der Waals surface area contributed by atoms with Gasteiger partial charge in [0.05, 0.1) is 0 Å². The van der Waals surface area contributed by atoms with Crippen molar-refractivity contribution in [2.24, 2.45) is 0 Å². The zero-order valence-electron chi connectivity index (χ0n) is 16.3. The van der Waals surface area contributed by atoms with Gasteiger partial charge in [0, 0.05) is 20.1 Å². The van der Waals surface area contributed by atoms with Gasteiger partial charge >= 0.3 is 0 Å². The van der Waals surface area contributed by atoms with E-state index in [4.69, 9.17) is 4.74 Å². The monoisotopic (exact) mass is 542 g/mol. The molecule has 4 aromatic rings. The second-order valence-corrected chi connectivity index (χ2v) is 8.88. The van der Waals surface area contributed by atoms with Crippen molar-refractivity contribution < 1.29 is 13.5 Å². The lowest BCUT2D eigenvalue weighted by Gasteiger charge is -2.27. The van der Waals surface area contributed by atoms with E-state index in [2.05, 4.69) is 31.9 Å². The average molecular weight is 544 g/mol. The van der Waals surface area contributed by atoms with Gasteiger partial charge in [0.1, 0.15) is 23.8 Å². The van der Waals surface area contributed by atoms with Gasteiger partial charge in [-0.25, -0.2) is 8.78 Å². The molecule has 5 heteroatoms. The Hall–Kier alpha value is -2.34. The van der Waals surface area contributed by atoms with E-state index in [1.165, 1.54) is 12.1 Å². The van der Waals surface area contributed by atoms with E-state index in [9.17, 15) is 8.78 Å². The third-order valence-corrected chi connectivity index (χ3v) is 5.95. The first-order valence-electron chi connectivity index (χ1n) is 9.68. The Labute approximate surface area is 197 Å². The Kier molecular flexibility index (Phi) is 6.96. The van der Waals surface area contributed by atoms with Crippen LogP contribution in [0.5, 0.6) is 0 Å². The minimum Gasteiger partial charge on any atom is -0.356 e. The van der Waals surface area contributed by atoms with Gasteiger partial charge < -0.3 is 4.74 Å². The van der Waals surface area contributed by atoms with Gasteiger partial charge in [-0.2, -0.15) is 0 Å². The molecule has 0 aromatic heterocycles. The number of hydrogen-bond acceptors (Lipinski definition) is 1. The van der Waals surface area contributed by atoms with Crippen LogP contribution in [0.4, 0.5) is 8.78 Å². The molecule has 0 N–H and O–H groups in total. The first kappa shape index (κ1) is 21.9. The number of hydrogen-bond donors (Lipinski definition) is 0. The van der Waals surface area contributed by atoms with E-state index in [1.807, 2.05) is 60.7 Å². The molecule has 31 heavy (non-hydrogen) atoms. The Morgan fingerprint density at radius 1 is 0.548 bits per heavy atom. The lowest BCUT2D eigenvalue weighted by atomic mass is 9.97. The number of benzene rings is 4. The molecule has 2 unspecified atom stereocenters. The molecule has 0 amide bonds. The minimum atomic E-state index is -0.734. The first-order valence-corrected chi connectivity index (χ1v) is 11.3. The van der Waals surface area contributed by atoms with E-state index in [0.29, 0.717) is 20.1 Å². The van der Waals surface area contributed by atoms with Crippen molar-refractivity contribution in [1.29, 1.82) is 0 Å².